The van der Waals surface area contributed by atoms with E-state index >= 15 is 0 Å². The Kier molecular flexibility index (Phi) is 3.43. The van der Waals surface area contributed by atoms with Crippen molar-refractivity contribution in [3.63, 3.8) is 0 Å². The van der Waals surface area contributed by atoms with Gasteiger partial charge in [-0.15, -0.1) is 0 Å². The number of hydrogen-bond acceptors (Lipinski definition) is 6. The van der Waals surface area contributed by atoms with Crippen LogP contribution in [0.25, 0.3) is 0 Å². The van der Waals surface area contributed by atoms with Crippen molar-refractivity contribution in [1.82, 2.24) is 19.1 Å². The highest BCUT2D eigenvalue weighted by Gasteiger charge is 2.15. The molecule has 0 fully saturated rings. The maximum Gasteiger partial charge on any atom is 0.332 e. The van der Waals surface area contributed by atoms with E-state index in [2.05, 4.69) is 9.97 Å². The zero-order valence-electron chi connectivity index (χ0n) is 10.7. The fraction of sp³-hybridized carbons (Fsp3) is 0.273. The zero-order chi connectivity index (χ0) is 14.2. The summed E-state index contributed by atoms with van der Waals surface area (Å²) in [5.41, 5.74) is 5.69. The van der Waals surface area contributed by atoms with Crippen molar-refractivity contribution in [3.8, 4) is 0 Å². The van der Waals surface area contributed by atoms with Crippen molar-refractivity contribution >= 4 is 17.6 Å². The Morgan fingerprint density at radius 1 is 1.26 bits per heavy atom. The molecule has 0 radical (unpaired) electrons. The zero-order valence-corrected chi connectivity index (χ0v) is 11.6. The third-order valence-corrected chi connectivity index (χ3v) is 3.60. The lowest BCUT2D eigenvalue weighted by atomic mass is 10.5. The molecule has 0 bridgehead atoms. The summed E-state index contributed by atoms with van der Waals surface area (Å²) < 4.78 is 2.23. The van der Waals surface area contributed by atoms with E-state index in [1.54, 1.807) is 12.3 Å². The minimum atomic E-state index is -0.461. The standard InChI is InChI=1S/C11H13N5O2S/c1-6-4-5-13-10(14-6)19-7-8(12)15(2)11(18)16(3)9(7)17/h4-5H,12H2,1-3H3. The van der Waals surface area contributed by atoms with Crippen molar-refractivity contribution in [2.45, 2.75) is 17.0 Å². The van der Waals surface area contributed by atoms with Crippen LogP contribution in [0.2, 0.25) is 0 Å². The molecule has 8 heteroatoms. The SMILES string of the molecule is Cc1ccnc(Sc2c(N)n(C)c(=O)n(C)c2=O)n1. The van der Waals surface area contributed by atoms with Crippen LogP contribution in [-0.2, 0) is 14.1 Å². The van der Waals surface area contributed by atoms with E-state index in [-0.39, 0.29) is 10.7 Å². The van der Waals surface area contributed by atoms with Crippen LogP contribution in [0.1, 0.15) is 5.69 Å². The molecule has 2 N–H and O–H groups in total. The molecule has 0 aliphatic heterocycles. The molecular weight excluding hydrogens is 266 g/mol. The third kappa shape index (κ3) is 2.39. The first-order chi connectivity index (χ1) is 8.91. The number of aryl methyl sites for hydroxylation is 1. The van der Waals surface area contributed by atoms with Gasteiger partial charge < -0.3 is 5.73 Å². The lowest BCUT2D eigenvalue weighted by Crippen LogP contribution is -2.39. The summed E-state index contributed by atoms with van der Waals surface area (Å²) in [5.74, 6) is 0.114. The molecule has 0 saturated carbocycles. The summed E-state index contributed by atoms with van der Waals surface area (Å²) in [7, 11) is 2.92. The second-order valence-corrected chi connectivity index (χ2v) is 4.98. The number of hydrogen-bond donors (Lipinski definition) is 1. The number of rotatable bonds is 2. The quantitative estimate of drug-likeness (QED) is 0.772. The Balaban J connectivity index is 2.58. The summed E-state index contributed by atoms with van der Waals surface area (Å²) in [4.78, 5) is 32.2. The molecule has 0 aromatic carbocycles. The molecule has 2 heterocycles. The normalized spacial score (nSPS) is 10.7. The van der Waals surface area contributed by atoms with Crippen LogP contribution in [0.3, 0.4) is 0 Å². The van der Waals surface area contributed by atoms with E-state index in [0.29, 0.717) is 5.16 Å². The minimum absolute atomic E-state index is 0.114. The first-order valence-electron chi connectivity index (χ1n) is 5.45. The molecule has 19 heavy (non-hydrogen) atoms. The van der Waals surface area contributed by atoms with E-state index in [4.69, 9.17) is 5.73 Å². The number of nitrogen functional groups attached to an aromatic ring is 1. The molecule has 0 amide bonds. The topological polar surface area (TPSA) is 95.8 Å². The van der Waals surface area contributed by atoms with Crippen LogP contribution < -0.4 is 17.0 Å². The Hall–Kier alpha value is -2.09. The van der Waals surface area contributed by atoms with Gasteiger partial charge in [0.2, 0.25) is 0 Å². The predicted molar refractivity (Wildman–Crippen MR) is 72.2 cm³/mol. The maximum absolute atomic E-state index is 12.0. The van der Waals surface area contributed by atoms with E-state index in [1.165, 1.54) is 18.7 Å². The van der Waals surface area contributed by atoms with Gasteiger partial charge in [0.25, 0.3) is 5.56 Å². The molecule has 0 atom stereocenters. The molecule has 0 spiro atoms. The molecule has 0 unspecified atom stereocenters. The van der Waals surface area contributed by atoms with Gasteiger partial charge in [-0.05, 0) is 24.8 Å². The van der Waals surface area contributed by atoms with Crippen molar-refractivity contribution in [1.29, 1.82) is 0 Å². The van der Waals surface area contributed by atoms with Gasteiger partial charge in [0.1, 0.15) is 10.7 Å². The smallest absolute Gasteiger partial charge is 0.332 e. The molecule has 2 aromatic rings. The van der Waals surface area contributed by atoms with E-state index in [9.17, 15) is 9.59 Å². The van der Waals surface area contributed by atoms with Crippen molar-refractivity contribution < 1.29 is 0 Å². The number of anilines is 1. The highest BCUT2D eigenvalue weighted by Crippen LogP contribution is 2.25. The fourth-order valence-electron chi connectivity index (χ4n) is 1.49. The fourth-order valence-corrected chi connectivity index (χ4v) is 2.44. The monoisotopic (exact) mass is 279 g/mol. The van der Waals surface area contributed by atoms with Crippen LogP contribution in [0.5, 0.6) is 0 Å². The summed E-state index contributed by atoms with van der Waals surface area (Å²) in [6.07, 6.45) is 1.60. The number of nitrogens with two attached hydrogens (primary N) is 1. The third-order valence-electron chi connectivity index (χ3n) is 2.63. The first kappa shape index (κ1) is 13.3. The molecule has 7 nitrogen and oxygen atoms in total. The molecule has 0 aliphatic rings. The van der Waals surface area contributed by atoms with Gasteiger partial charge >= 0.3 is 5.69 Å². The first-order valence-corrected chi connectivity index (χ1v) is 6.26. The summed E-state index contributed by atoms with van der Waals surface area (Å²) in [6.45, 7) is 1.83. The average Bonchev–Trinajstić information content (AvgIpc) is 2.39. The van der Waals surface area contributed by atoms with Gasteiger partial charge in [0, 0.05) is 26.0 Å². The second-order valence-electron chi connectivity index (χ2n) is 4.00. The van der Waals surface area contributed by atoms with Gasteiger partial charge in [-0.1, -0.05) is 0 Å². The van der Waals surface area contributed by atoms with Crippen LogP contribution in [0.4, 0.5) is 5.82 Å². The Labute approximate surface area is 113 Å². The summed E-state index contributed by atoms with van der Waals surface area (Å²) in [6, 6.07) is 1.76. The van der Waals surface area contributed by atoms with Crippen LogP contribution in [-0.4, -0.2) is 19.1 Å². The molecular formula is C11H13N5O2S. The lowest BCUT2D eigenvalue weighted by Gasteiger charge is -2.10. The van der Waals surface area contributed by atoms with Crippen molar-refractivity contribution in [2.24, 2.45) is 14.1 Å². The Bertz CT molecular complexity index is 750. The van der Waals surface area contributed by atoms with Crippen LogP contribution in [0.15, 0.2) is 31.9 Å². The maximum atomic E-state index is 12.0. The molecule has 2 rings (SSSR count). The molecule has 2 aromatic heterocycles. The highest BCUT2D eigenvalue weighted by molar-refractivity contribution is 7.99. The average molecular weight is 279 g/mol. The van der Waals surface area contributed by atoms with Gasteiger partial charge in [0.15, 0.2) is 5.16 Å². The van der Waals surface area contributed by atoms with Crippen molar-refractivity contribution in [3.05, 3.63) is 38.8 Å². The van der Waals surface area contributed by atoms with E-state index in [0.717, 1.165) is 22.0 Å². The highest BCUT2D eigenvalue weighted by atomic mass is 32.2. The summed E-state index contributed by atoms with van der Waals surface area (Å²) >= 11 is 1.05. The second kappa shape index (κ2) is 4.88. The summed E-state index contributed by atoms with van der Waals surface area (Å²) in [5, 5.41) is 0.419. The number of nitrogens with zero attached hydrogens (tertiary/aromatic N) is 4. The van der Waals surface area contributed by atoms with E-state index in [1.807, 2.05) is 6.92 Å². The van der Waals surface area contributed by atoms with Gasteiger partial charge in [0.05, 0.1) is 0 Å². The van der Waals surface area contributed by atoms with Crippen molar-refractivity contribution in [2.75, 3.05) is 5.73 Å². The molecule has 0 saturated heterocycles. The van der Waals surface area contributed by atoms with Crippen LogP contribution >= 0.6 is 11.8 Å². The largest absolute Gasteiger partial charge is 0.384 e. The Morgan fingerprint density at radius 2 is 1.95 bits per heavy atom. The van der Waals surface area contributed by atoms with Gasteiger partial charge in [-0.2, -0.15) is 0 Å². The Morgan fingerprint density at radius 3 is 2.58 bits per heavy atom. The minimum Gasteiger partial charge on any atom is -0.384 e. The van der Waals surface area contributed by atoms with Gasteiger partial charge in [-0.3, -0.25) is 13.9 Å². The molecule has 0 aliphatic carbocycles. The number of aromatic nitrogens is 4. The molecule has 100 valence electrons. The van der Waals surface area contributed by atoms with E-state index < -0.39 is 11.2 Å². The lowest BCUT2D eigenvalue weighted by molar-refractivity contribution is 0.671. The predicted octanol–water partition coefficient (Wildman–Crippen LogP) is -0.0842. The van der Waals surface area contributed by atoms with Gasteiger partial charge in [-0.25, -0.2) is 14.8 Å². The van der Waals surface area contributed by atoms with Crippen LogP contribution in [0, 0.1) is 6.92 Å².